The Bertz CT molecular complexity index is 881. The van der Waals surface area contributed by atoms with Gasteiger partial charge in [0.25, 0.3) is 5.91 Å². The van der Waals surface area contributed by atoms with E-state index in [9.17, 15) is 4.79 Å². The standard InChI is InChI=1S/C23H21NO3/c1-17-9-8-14-21(22(17)27-16-20-15-26-20)23(25)24(18-10-4-2-5-11-18)19-12-6-3-7-13-19/h2-14,20H,15-16H2,1H3. The fourth-order valence-electron chi connectivity index (χ4n) is 3.01. The largest absolute Gasteiger partial charge is 0.490 e. The van der Waals surface area contributed by atoms with Crippen molar-refractivity contribution in [3.63, 3.8) is 0 Å². The summed E-state index contributed by atoms with van der Waals surface area (Å²) in [6.07, 6.45) is 0.131. The summed E-state index contributed by atoms with van der Waals surface area (Å²) in [5.41, 5.74) is 3.10. The average molecular weight is 359 g/mol. The van der Waals surface area contributed by atoms with Crippen molar-refractivity contribution in [1.29, 1.82) is 0 Å². The Labute approximate surface area is 159 Å². The van der Waals surface area contributed by atoms with Crippen LogP contribution in [0.5, 0.6) is 5.75 Å². The second-order valence-corrected chi connectivity index (χ2v) is 6.53. The molecule has 1 fully saturated rings. The molecule has 1 aliphatic heterocycles. The van der Waals surface area contributed by atoms with Crippen molar-refractivity contribution in [1.82, 2.24) is 0 Å². The zero-order valence-corrected chi connectivity index (χ0v) is 15.2. The van der Waals surface area contributed by atoms with E-state index in [0.29, 0.717) is 17.9 Å². The first-order valence-electron chi connectivity index (χ1n) is 9.02. The van der Waals surface area contributed by atoms with E-state index in [-0.39, 0.29) is 12.0 Å². The quantitative estimate of drug-likeness (QED) is 0.597. The molecular formula is C23H21NO3. The Morgan fingerprint density at radius 3 is 2.11 bits per heavy atom. The smallest absolute Gasteiger partial charge is 0.266 e. The maximum Gasteiger partial charge on any atom is 0.266 e. The van der Waals surface area contributed by atoms with Gasteiger partial charge in [-0.15, -0.1) is 0 Å². The van der Waals surface area contributed by atoms with E-state index >= 15 is 0 Å². The fourth-order valence-corrected chi connectivity index (χ4v) is 3.01. The molecule has 27 heavy (non-hydrogen) atoms. The van der Waals surface area contributed by atoms with Crippen molar-refractivity contribution in [2.75, 3.05) is 18.1 Å². The van der Waals surface area contributed by atoms with Gasteiger partial charge in [0.05, 0.1) is 12.2 Å². The van der Waals surface area contributed by atoms with Crippen LogP contribution in [0, 0.1) is 6.92 Å². The summed E-state index contributed by atoms with van der Waals surface area (Å²) in [6.45, 7) is 3.13. The Kier molecular flexibility index (Phi) is 4.90. The summed E-state index contributed by atoms with van der Waals surface area (Å²) in [6, 6.07) is 25.0. The molecule has 4 rings (SSSR count). The Hall–Kier alpha value is -3.11. The summed E-state index contributed by atoms with van der Waals surface area (Å²) < 4.78 is 11.2. The topological polar surface area (TPSA) is 42.1 Å². The van der Waals surface area contributed by atoms with E-state index in [1.54, 1.807) is 4.90 Å². The third kappa shape index (κ3) is 3.86. The van der Waals surface area contributed by atoms with Crippen LogP contribution < -0.4 is 9.64 Å². The van der Waals surface area contributed by atoms with Crippen LogP contribution in [-0.4, -0.2) is 25.2 Å². The normalized spacial score (nSPS) is 15.2. The number of anilines is 2. The molecule has 1 saturated heterocycles. The van der Waals surface area contributed by atoms with Crippen LogP contribution in [-0.2, 0) is 4.74 Å². The lowest BCUT2D eigenvalue weighted by Crippen LogP contribution is -2.27. The highest BCUT2D eigenvalue weighted by Crippen LogP contribution is 2.32. The second kappa shape index (κ2) is 7.64. The van der Waals surface area contributed by atoms with Crippen LogP contribution in [0.25, 0.3) is 0 Å². The van der Waals surface area contributed by atoms with Crippen molar-refractivity contribution in [2.24, 2.45) is 0 Å². The van der Waals surface area contributed by atoms with Gasteiger partial charge >= 0.3 is 0 Å². The van der Waals surface area contributed by atoms with E-state index in [2.05, 4.69) is 0 Å². The number of nitrogens with zero attached hydrogens (tertiary/aromatic N) is 1. The van der Waals surface area contributed by atoms with Crippen molar-refractivity contribution in [3.05, 3.63) is 90.0 Å². The van der Waals surface area contributed by atoms with Gasteiger partial charge in [-0.2, -0.15) is 0 Å². The van der Waals surface area contributed by atoms with Crippen molar-refractivity contribution in [2.45, 2.75) is 13.0 Å². The third-order valence-electron chi connectivity index (χ3n) is 4.49. The summed E-state index contributed by atoms with van der Waals surface area (Å²) in [7, 11) is 0. The average Bonchev–Trinajstić information content (AvgIpc) is 3.53. The number of carbonyl (C=O) groups is 1. The van der Waals surface area contributed by atoms with Gasteiger partial charge in [-0.3, -0.25) is 9.69 Å². The molecule has 0 aliphatic carbocycles. The molecule has 1 amide bonds. The molecule has 0 radical (unpaired) electrons. The summed E-state index contributed by atoms with van der Waals surface area (Å²) >= 11 is 0. The van der Waals surface area contributed by atoms with Crippen LogP contribution in [0.3, 0.4) is 0 Å². The minimum atomic E-state index is -0.122. The van der Waals surface area contributed by atoms with E-state index in [1.807, 2.05) is 85.8 Å². The predicted octanol–water partition coefficient (Wildman–Crippen LogP) is 4.75. The summed E-state index contributed by atoms with van der Waals surface area (Å²) in [4.78, 5) is 15.3. The van der Waals surface area contributed by atoms with Crippen LogP contribution >= 0.6 is 0 Å². The molecule has 3 aromatic carbocycles. The minimum absolute atomic E-state index is 0.122. The number of rotatable bonds is 6. The number of hydrogen-bond acceptors (Lipinski definition) is 3. The number of epoxide rings is 1. The molecule has 1 aliphatic rings. The number of aryl methyl sites for hydroxylation is 1. The maximum atomic E-state index is 13.6. The molecule has 4 heteroatoms. The molecule has 3 aromatic rings. The van der Waals surface area contributed by atoms with E-state index < -0.39 is 0 Å². The Morgan fingerprint density at radius 1 is 0.963 bits per heavy atom. The van der Waals surface area contributed by atoms with Crippen molar-refractivity contribution >= 4 is 17.3 Å². The first-order chi connectivity index (χ1) is 13.2. The van der Waals surface area contributed by atoms with Gasteiger partial charge < -0.3 is 9.47 Å². The molecule has 4 nitrogen and oxygen atoms in total. The number of hydrogen-bond donors (Lipinski definition) is 0. The monoisotopic (exact) mass is 359 g/mol. The van der Waals surface area contributed by atoms with Crippen molar-refractivity contribution < 1.29 is 14.3 Å². The fraction of sp³-hybridized carbons (Fsp3) is 0.174. The molecule has 136 valence electrons. The zero-order valence-electron chi connectivity index (χ0n) is 15.2. The lowest BCUT2D eigenvalue weighted by atomic mass is 10.1. The Balaban J connectivity index is 1.75. The molecule has 0 N–H and O–H groups in total. The number of ether oxygens (including phenoxy) is 2. The van der Waals surface area contributed by atoms with E-state index in [0.717, 1.165) is 23.5 Å². The van der Waals surface area contributed by atoms with Crippen LogP contribution in [0.4, 0.5) is 11.4 Å². The highest BCUT2D eigenvalue weighted by atomic mass is 16.6. The van der Waals surface area contributed by atoms with Gasteiger partial charge in [0.1, 0.15) is 18.5 Å². The second-order valence-electron chi connectivity index (χ2n) is 6.53. The number of benzene rings is 3. The van der Waals surface area contributed by atoms with Gasteiger partial charge in [-0.1, -0.05) is 48.5 Å². The molecule has 1 unspecified atom stereocenters. The highest BCUT2D eigenvalue weighted by molar-refractivity contribution is 6.12. The molecule has 0 aromatic heterocycles. The molecule has 1 heterocycles. The van der Waals surface area contributed by atoms with Crippen LogP contribution in [0.1, 0.15) is 15.9 Å². The van der Waals surface area contributed by atoms with Gasteiger partial charge in [0.2, 0.25) is 0 Å². The van der Waals surface area contributed by atoms with Gasteiger partial charge in [-0.25, -0.2) is 0 Å². The molecule has 0 spiro atoms. The summed E-state index contributed by atoms with van der Waals surface area (Å²) in [5, 5.41) is 0. The lowest BCUT2D eigenvalue weighted by Gasteiger charge is -2.24. The van der Waals surface area contributed by atoms with Gasteiger partial charge in [0, 0.05) is 11.4 Å². The Morgan fingerprint density at radius 2 is 1.56 bits per heavy atom. The maximum absolute atomic E-state index is 13.6. The molecule has 0 saturated carbocycles. The lowest BCUT2D eigenvalue weighted by molar-refractivity contribution is 0.0994. The predicted molar refractivity (Wildman–Crippen MR) is 106 cm³/mol. The molecule has 1 atom stereocenters. The number of carbonyl (C=O) groups excluding carboxylic acids is 1. The first-order valence-corrected chi connectivity index (χ1v) is 9.02. The third-order valence-corrected chi connectivity index (χ3v) is 4.49. The van der Waals surface area contributed by atoms with Crippen LogP contribution in [0.15, 0.2) is 78.9 Å². The molecular weight excluding hydrogens is 338 g/mol. The van der Waals surface area contributed by atoms with E-state index in [4.69, 9.17) is 9.47 Å². The number of amides is 1. The van der Waals surface area contributed by atoms with Gasteiger partial charge in [-0.05, 0) is 42.8 Å². The first kappa shape index (κ1) is 17.3. The number of para-hydroxylation sites is 3. The van der Waals surface area contributed by atoms with E-state index in [1.165, 1.54) is 0 Å². The van der Waals surface area contributed by atoms with Gasteiger partial charge in [0.15, 0.2) is 0 Å². The minimum Gasteiger partial charge on any atom is -0.490 e. The van der Waals surface area contributed by atoms with Crippen molar-refractivity contribution in [3.8, 4) is 5.75 Å². The van der Waals surface area contributed by atoms with Crippen LogP contribution in [0.2, 0.25) is 0 Å². The SMILES string of the molecule is Cc1cccc(C(=O)N(c2ccccc2)c2ccccc2)c1OCC1CO1. The molecule has 0 bridgehead atoms. The highest BCUT2D eigenvalue weighted by Gasteiger charge is 2.27. The summed E-state index contributed by atoms with van der Waals surface area (Å²) in [5.74, 6) is 0.498. The zero-order chi connectivity index (χ0) is 18.6.